The Morgan fingerprint density at radius 3 is 2.42 bits per heavy atom. The minimum Gasteiger partial charge on any atom is -0.497 e. The van der Waals surface area contributed by atoms with Crippen LogP contribution in [0.1, 0.15) is 18.9 Å². The first-order valence-electron chi connectivity index (χ1n) is 5.91. The number of methoxy groups -OCH3 is 2. The van der Waals surface area contributed by atoms with Gasteiger partial charge in [0, 0.05) is 5.92 Å². The second kappa shape index (κ2) is 6.78. The summed E-state index contributed by atoms with van der Waals surface area (Å²) in [4.78, 5) is 22.3. The van der Waals surface area contributed by atoms with Gasteiger partial charge in [0.05, 0.1) is 20.6 Å². The summed E-state index contributed by atoms with van der Waals surface area (Å²) in [5.41, 5.74) is 0.767. The van der Waals surface area contributed by atoms with Crippen molar-refractivity contribution in [3.8, 4) is 11.5 Å². The minimum atomic E-state index is -0.984. The molecule has 0 aliphatic rings. The van der Waals surface area contributed by atoms with Crippen molar-refractivity contribution in [1.29, 1.82) is 0 Å². The van der Waals surface area contributed by atoms with Gasteiger partial charge >= 0.3 is 5.97 Å². The maximum absolute atomic E-state index is 11.5. The van der Waals surface area contributed by atoms with Crippen LogP contribution in [-0.4, -0.2) is 31.1 Å². The van der Waals surface area contributed by atoms with Crippen molar-refractivity contribution in [2.45, 2.75) is 19.8 Å². The molecule has 0 heterocycles. The van der Waals surface area contributed by atoms with E-state index in [-0.39, 0.29) is 12.2 Å². The monoisotopic (exact) mass is 266 g/mol. The molecule has 0 spiro atoms. The lowest BCUT2D eigenvalue weighted by Crippen LogP contribution is -2.18. The largest absolute Gasteiger partial charge is 0.497 e. The third kappa shape index (κ3) is 4.28. The number of carboxylic acids is 1. The van der Waals surface area contributed by atoms with Gasteiger partial charge in [-0.25, -0.2) is 0 Å². The van der Waals surface area contributed by atoms with E-state index in [2.05, 4.69) is 0 Å². The quantitative estimate of drug-likeness (QED) is 0.816. The normalized spacial score (nSPS) is 11.7. The Bertz CT molecular complexity index is 467. The van der Waals surface area contributed by atoms with E-state index in [1.807, 2.05) is 0 Å². The molecule has 0 aliphatic carbocycles. The molecule has 0 aromatic heterocycles. The van der Waals surface area contributed by atoms with E-state index in [1.54, 1.807) is 25.3 Å². The molecule has 1 N–H and O–H groups in total. The zero-order chi connectivity index (χ0) is 14.4. The number of rotatable bonds is 7. The second-order valence-electron chi connectivity index (χ2n) is 4.29. The number of benzene rings is 1. The number of ether oxygens (including phenoxy) is 2. The first-order chi connectivity index (χ1) is 8.97. The van der Waals surface area contributed by atoms with E-state index in [0.29, 0.717) is 17.9 Å². The summed E-state index contributed by atoms with van der Waals surface area (Å²) in [5, 5.41) is 8.83. The number of hydrogen-bond acceptors (Lipinski definition) is 4. The predicted octanol–water partition coefficient (Wildman–Crippen LogP) is 1.93. The van der Waals surface area contributed by atoms with Crippen LogP contribution < -0.4 is 9.47 Å². The highest BCUT2D eigenvalue weighted by atomic mass is 16.5. The molecule has 0 radical (unpaired) electrons. The molecule has 5 heteroatoms. The highest BCUT2D eigenvalue weighted by Crippen LogP contribution is 2.27. The van der Waals surface area contributed by atoms with E-state index < -0.39 is 11.9 Å². The van der Waals surface area contributed by atoms with E-state index in [0.717, 1.165) is 5.56 Å². The summed E-state index contributed by atoms with van der Waals surface area (Å²) in [6.07, 6.45) is 0.137. The van der Waals surface area contributed by atoms with Crippen LogP contribution in [0.3, 0.4) is 0 Å². The molecule has 19 heavy (non-hydrogen) atoms. The van der Waals surface area contributed by atoms with Gasteiger partial charge < -0.3 is 14.6 Å². The fourth-order valence-corrected chi connectivity index (χ4v) is 1.88. The Labute approximate surface area is 112 Å². The lowest BCUT2D eigenvalue weighted by Gasteiger charge is -2.15. The first-order valence-corrected chi connectivity index (χ1v) is 5.91. The average Bonchev–Trinajstić information content (AvgIpc) is 2.37. The van der Waals surface area contributed by atoms with Gasteiger partial charge in [-0.2, -0.15) is 0 Å². The topological polar surface area (TPSA) is 72.8 Å². The number of carbonyl (C=O) groups is 2. The van der Waals surface area contributed by atoms with Crippen molar-refractivity contribution in [2.24, 2.45) is 5.92 Å². The Balaban J connectivity index is 2.99. The van der Waals surface area contributed by atoms with E-state index in [4.69, 9.17) is 14.6 Å². The number of carboxylic acid groups (broad SMARTS) is 1. The molecule has 1 aromatic carbocycles. The van der Waals surface area contributed by atoms with Crippen LogP contribution in [0, 0.1) is 5.92 Å². The summed E-state index contributed by atoms with van der Waals surface area (Å²) in [6.45, 7) is 1.40. The molecule has 0 aliphatic heterocycles. The summed E-state index contributed by atoms with van der Waals surface area (Å²) >= 11 is 0. The van der Waals surface area contributed by atoms with Crippen LogP contribution in [0.25, 0.3) is 0 Å². The Kier molecular flexibility index (Phi) is 5.36. The molecule has 1 aromatic rings. The number of Topliss-reactive ketones (excluding diaryl/α,β-unsaturated/α-hetero) is 1. The van der Waals surface area contributed by atoms with Crippen LogP contribution in [0.15, 0.2) is 18.2 Å². The highest BCUT2D eigenvalue weighted by Gasteiger charge is 2.20. The van der Waals surface area contributed by atoms with Crippen molar-refractivity contribution >= 4 is 11.8 Å². The van der Waals surface area contributed by atoms with Crippen LogP contribution >= 0.6 is 0 Å². The molecular formula is C14H18O5. The van der Waals surface area contributed by atoms with Crippen molar-refractivity contribution < 1.29 is 24.2 Å². The van der Waals surface area contributed by atoms with Gasteiger partial charge in [0.2, 0.25) is 0 Å². The van der Waals surface area contributed by atoms with Gasteiger partial charge in [-0.1, -0.05) is 0 Å². The molecular weight excluding hydrogens is 248 g/mol. The molecule has 0 amide bonds. The van der Waals surface area contributed by atoms with Gasteiger partial charge in [-0.05, 0) is 37.1 Å². The molecule has 5 nitrogen and oxygen atoms in total. The standard InChI is InChI=1S/C14H18O5/c1-9(15)10(8-14(16)17)6-11-7-12(18-2)4-5-13(11)19-3/h4-5,7,10H,6,8H2,1-3H3,(H,16,17). The lowest BCUT2D eigenvalue weighted by molar-refractivity contribution is -0.140. The predicted molar refractivity (Wildman–Crippen MR) is 69.7 cm³/mol. The Hall–Kier alpha value is -2.04. The zero-order valence-corrected chi connectivity index (χ0v) is 11.3. The summed E-state index contributed by atoms with van der Waals surface area (Å²) in [5.74, 6) is -0.418. The van der Waals surface area contributed by atoms with Crippen LogP contribution in [0.2, 0.25) is 0 Å². The van der Waals surface area contributed by atoms with Crippen molar-refractivity contribution in [3.63, 3.8) is 0 Å². The molecule has 0 bridgehead atoms. The van der Waals surface area contributed by atoms with Crippen molar-refractivity contribution in [2.75, 3.05) is 14.2 Å². The molecule has 1 unspecified atom stereocenters. The number of aliphatic carboxylic acids is 1. The number of hydrogen-bond donors (Lipinski definition) is 1. The van der Waals surface area contributed by atoms with Gasteiger partial charge in [-0.15, -0.1) is 0 Å². The van der Waals surface area contributed by atoms with Gasteiger partial charge in [0.1, 0.15) is 17.3 Å². The van der Waals surface area contributed by atoms with Crippen molar-refractivity contribution in [3.05, 3.63) is 23.8 Å². The Morgan fingerprint density at radius 1 is 1.26 bits per heavy atom. The van der Waals surface area contributed by atoms with Crippen LogP contribution in [0.4, 0.5) is 0 Å². The fourth-order valence-electron chi connectivity index (χ4n) is 1.88. The SMILES string of the molecule is COc1ccc(OC)c(CC(CC(=O)O)C(C)=O)c1. The van der Waals surface area contributed by atoms with Crippen LogP contribution in [-0.2, 0) is 16.0 Å². The maximum Gasteiger partial charge on any atom is 0.304 e. The third-order valence-corrected chi connectivity index (χ3v) is 2.95. The van der Waals surface area contributed by atoms with E-state index >= 15 is 0 Å². The molecule has 0 fully saturated rings. The smallest absolute Gasteiger partial charge is 0.304 e. The second-order valence-corrected chi connectivity index (χ2v) is 4.29. The Morgan fingerprint density at radius 2 is 1.95 bits per heavy atom. The third-order valence-electron chi connectivity index (χ3n) is 2.95. The summed E-state index contributed by atoms with van der Waals surface area (Å²) < 4.78 is 10.3. The number of ketones is 1. The summed E-state index contributed by atoms with van der Waals surface area (Å²) in [7, 11) is 3.08. The molecule has 0 saturated carbocycles. The zero-order valence-electron chi connectivity index (χ0n) is 11.3. The van der Waals surface area contributed by atoms with E-state index in [9.17, 15) is 9.59 Å². The minimum absolute atomic E-state index is 0.146. The molecule has 1 rings (SSSR count). The van der Waals surface area contributed by atoms with Gasteiger partial charge in [0.15, 0.2) is 0 Å². The molecule has 1 atom stereocenters. The molecule has 104 valence electrons. The number of carbonyl (C=O) groups excluding carboxylic acids is 1. The lowest BCUT2D eigenvalue weighted by atomic mass is 9.92. The summed E-state index contributed by atoms with van der Waals surface area (Å²) in [6, 6.07) is 5.26. The van der Waals surface area contributed by atoms with E-state index in [1.165, 1.54) is 14.0 Å². The first kappa shape index (κ1) is 15.0. The fraction of sp³-hybridized carbons (Fsp3) is 0.429. The molecule has 0 saturated heterocycles. The van der Waals surface area contributed by atoms with Gasteiger partial charge in [0.25, 0.3) is 0 Å². The van der Waals surface area contributed by atoms with Gasteiger partial charge in [-0.3, -0.25) is 9.59 Å². The highest BCUT2D eigenvalue weighted by molar-refractivity contribution is 5.83. The van der Waals surface area contributed by atoms with Crippen molar-refractivity contribution in [1.82, 2.24) is 0 Å². The maximum atomic E-state index is 11.5. The van der Waals surface area contributed by atoms with Crippen LogP contribution in [0.5, 0.6) is 11.5 Å². The average molecular weight is 266 g/mol.